The minimum atomic E-state index is 0.265. The Hall–Kier alpha value is -0.620. The van der Waals surface area contributed by atoms with E-state index in [1.165, 1.54) is 0 Å². The maximum Gasteiger partial charge on any atom is 0.130 e. The summed E-state index contributed by atoms with van der Waals surface area (Å²) in [6.45, 7) is 1.08. The number of hydrogen-bond acceptors (Lipinski definition) is 4. The van der Waals surface area contributed by atoms with Gasteiger partial charge in [0.1, 0.15) is 11.4 Å². The number of nitrogens with zero attached hydrogens (tertiary/aromatic N) is 2. The van der Waals surface area contributed by atoms with Crippen LogP contribution in [0.3, 0.4) is 0 Å². The summed E-state index contributed by atoms with van der Waals surface area (Å²) in [6, 6.07) is 1.70. The summed E-state index contributed by atoms with van der Waals surface area (Å²) < 4.78 is 8.40. The van der Waals surface area contributed by atoms with Gasteiger partial charge in [-0.25, -0.2) is 0 Å². The van der Waals surface area contributed by atoms with Gasteiger partial charge in [0.15, 0.2) is 0 Å². The molecule has 4 nitrogen and oxygen atoms in total. The molecule has 104 valence electrons. The fourth-order valence-corrected chi connectivity index (χ4v) is 3.03. The maximum atomic E-state index is 8.70. The van der Waals surface area contributed by atoms with Gasteiger partial charge < -0.3 is 10.4 Å². The maximum absolute atomic E-state index is 8.70. The molecule has 0 atom stereocenters. The second kappa shape index (κ2) is 7.24. The Bertz CT molecular complexity index is 530. The van der Waals surface area contributed by atoms with E-state index < -0.39 is 0 Å². The third kappa shape index (κ3) is 3.69. The molecule has 0 aromatic heterocycles. The molecule has 0 fully saturated rings. The van der Waals surface area contributed by atoms with Crippen LogP contribution in [-0.2, 0) is 11.4 Å². The molecule has 19 heavy (non-hydrogen) atoms. The SMILES string of the molecule is OCCCCCCNc1c(Cl)cc(Cl)c2c1N=S=N2. The Balaban J connectivity index is 1.94. The van der Waals surface area contributed by atoms with E-state index in [2.05, 4.69) is 14.0 Å². The van der Waals surface area contributed by atoms with Gasteiger partial charge in [0.2, 0.25) is 0 Å². The minimum absolute atomic E-state index is 0.265. The predicted octanol–water partition coefficient (Wildman–Crippen LogP) is 4.68. The normalized spacial score (nSPS) is 12.4. The number of hydrogen-bond donors (Lipinski definition) is 2. The highest BCUT2D eigenvalue weighted by Gasteiger charge is 2.18. The van der Waals surface area contributed by atoms with Crippen LogP contribution in [0.2, 0.25) is 10.0 Å². The molecule has 2 N–H and O–H groups in total. The van der Waals surface area contributed by atoms with Crippen LogP contribution in [-0.4, -0.2) is 18.3 Å². The minimum Gasteiger partial charge on any atom is -0.396 e. The summed E-state index contributed by atoms with van der Waals surface area (Å²) in [7, 11) is 0. The van der Waals surface area contributed by atoms with E-state index in [9.17, 15) is 0 Å². The van der Waals surface area contributed by atoms with Gasteiger partial charge >= 0.3 is 0 Å². The fraction of sp³-hybridized carbons (Fsp3) is 0.500. The smallest absolute Gasteiger partial charge is 0.130 e. The number of aliphatic hydroxyl groups excluding tert-OH is 1. The standard InChI is InChI=1S/C12H15Cl2N3OS/c13-8-7-9(14)11-12(17-19-16-11)10(8)15-5-3-1-2-4-6-18/h7,15,18H,1-6H2. The van der Waals surface area contributed by atoms with Crippen molar-refractivity contribution in [2.45, 2.75) is 25.7 Å². The molecule has 0 saturated carbocycles. The van der Waals surface area contributed by atoms with Gasteiger partial charge in [0.25, 0.3) is 0 Å². The van der Waals surface area contributed by atoms with E-state index in [-0.39, 0.29) is 6.61 Å². The lowest BCUT2D eigenvalue weighted by Gasteiger charge is -2.11. The van der Waals surface area contributed by atoms with Gasteiger partial charge in [-0.2, -0.15) is 8.73 Å². The molecule has 1 aromatic rings. The molecule has 0 aliphatic carbocycles. The Labute approximate surface area is 126 Å². The summed E-state index contributed by atoms with van der Waals surface area (Å²) in [4.78, 5) is 0. The zero-order valence-electron chi connectivity index (χ0n) is 10.3. The van der Waals surface area contributed by atoms with Crippen LogP contribution < -0.4 is 5.32 Å². The molecule has 0 bridgehead atoms. The molecule has 1 heterocycles. The lowest BCUT2D eigenvalue weighted by molar-refractivity contribution is 0.283. The van der Waals surface area contributed by atoms with Crippen molar-refractivity contribution < 1.29 is 5.11 Å². The predicted molar refractivity (Wildman–Crippen MR) is 82.0 cm³/mol. The van der Waals surface area contributed by atoms with Gasteiger partial charge in [-0.1, -0.05) is 36.0 Å². The Kier molecular flexibility index (Phi) is 5.63. The number of benzene rings is 1. The van der Waals surface area contributed by atoms with Crippen molar-refractivity contribution in [1.29, 1.82) is 0 Å². The molecule has 1 aliphatic heterocycles. The average Bonchev–Trinajstić information content (AvgIpc) is 2.86. The number of aliphatic hydroxyl groups is 1. The lowest BCUT2D eigenvalue weighted by Crippen LogP contribution is -2.02. The van der Waals surface area contributed by atoms with Crippen LogP contribution in [0.4, 0.5) is 17.1 Å². The molecule has 0 radical (unpaired) electrons. The molecule has 1 aliphatic rings. The van der Waals surface area contributed by atoms with Crippen molar-refractivity contribution in [2.75, 3.05) is 18.5 Å². The van der Waals surface area contributed by atoms with Crippen LogP contribution in [0.25, 0.3) is 0 Å². The van der Waals surface area contributed by atoms with Crippen molar-refractivity contribution in [3.05, 3.63) is 16.1 Å². The topological polar surface area (TPSA) is 57.0 Å². The van der Waals surface area contributed by atoms with E-state index in [0.717, 1.165) is 55.0 Å². The number of fused-ring (bicyclic) bond motifs is 1. The van der Waals surface area contributed by atoms with Crippen LogP contribution in [0.1, 0.15) is 25.7 Å². The second-order valence-electron chi connectivity index (χ2n) is 4.24. The van der Waals surface area contributed by atoms with Crippen LogP contribution in [0, 0.1) is 0 Å². The molecular weight excluding hydrogens is 305 g/mol. The Morgan fingerprint density at radius 1 is 1.05 bits per heavy atom. The average molecular weight is 320 g/mol. The summed E-state index contributed by atoms with van der Waals surface area (Å²) in [6.07, 6.45) is 4.01. The van der Waals surface area contributed by atoms with Crippen molar-refractivity contribution in [3.8, 4) is 0 Å². The first kappa shape index (κ1) is 14.8. The molecule has 7 heteroatoms. The van der Waals surface area contributed by atoms with Gasteiger partial charge in [-0.3, -0.25) is 0 Å². The first-order valence-corrected chi connectivity index (χ1v) is 7.67. The Morgan fingerprint density at radius 2 is 1.79 bits per heavy atom. The Morgan fingerprint density at radius 3 is 2.58 bits per heavy atom. The number of halogens is 2. The summed E-state index contributed by atoms with van der Waals surface area (Å²) in [5, 5.41) is 13.1. The van der Waals surface area contributed by atoms with Gasteiger partial charge in [0.05, 0.1) is 27.1 Å². The van der Waals surface area contributed by atoms with Crippen LogP contribution in [0.15, 0.2) is 14.8 Å². The highest BCUT2D eigenvalue weighted by atomic mass is 35.5. The molecule has 0 spiro atoms. The fourth-order valence-electron chi connectivity index (χ4n) is 1.85. The second-order valence-corrected chi connectivity index (χ2v) is 5.58. The first-order chi connectivity index (χ1) is 9.24. The van der Waals surface area contributed by atoms with Crippen molar-refractivity contribution in [1.82, 2.24) is 0 Å². The van der Waals surface area contributed by atoms with E-state index >= 15 is 0 Å². The number of nitrogens with one attached hydrogen (secondary N) is 1. The van der Waals surface area contributed by atoms with E-state index in [0.29, 0.717) is 15.7 Å². The molecule has 1 aromatic carbocycles. The van der Waals surface area contributed by atoms with E-state index in [1.807, 2.05) is 0 Å². The molecule has 0 saturated heterocycles. The first-order valence-electron chi connectivity index (χ1n) is 6.19. The molecule has 0 amide bonds. The third-order valence-electron chi connectivity index (χ3n) is 2.83. The van der Waals surface area contributed by atoms with Crippen molar-refractivity contribution in [3.63, 3.8) is 0 Å². The number of rotatable bonds is 7. The van der Waals surface area contributed by atoms with Gasteiger partial charge in [0, 0.05) is 13.2 Å². The van der Waals surface area contributed by atoms with Gasteiger partial charge in [-0.15, -0.1) is 0 Å². The summed E-state index contributed by atoms with van der Waals surface area (Å²) >= 11 is 13.4. The quantitative estimate of drug-likeness (QED) is 0.728. The third-order valence-corrected chi connectivity index (χ3v) is 3.95. The highest BCUT2D eigenvalue weighted by molar-refractivity contribution is 7.58. The van der Waals surface area contributed by atoms with Crippen LogP contribution >= 0.6 is 23.2 Å². The zero-order chi connectivity index (χ0) is 13.7. The summed E-state index contributed by atoms with van der Waals surface area (Å²) in [5.41, 5.74) is 2.23. The summed E-state index contributed by atoms with van der Waals surface area (Å²) in [5.74, 6) is 0. The lowest BCUT2D eigenvalue weighted by atomic mass is 10.2. The zero-order valence-corrected chi connectivity index (χ0v) is 12.7. The van der Waals surface area contributed by atoms with E-state index in [4.69, 9.17) is 28.3 Å². The monoisotopic (exact) mass is 319 g/mol. The number of unbranched alkanes of at least 4 members (excludes halogenated alkanes) is 3. The van der Waals surface area contributed by atoms with Gasteiger partial charge in [-0.05, 0) is 18.9 Å². The molecular formula is C12H15Cl2N3OS. The molecule has 2 rings (SSSR count). The van der Waals surface area contributed by atoms with Crippen molar-refractivity contribution in [2.24, 2.45) is 8.73 Å². The highest BCUT2D eigenvalue weighted by Crippen LogP contribution is 2.47. The molecule has 0 unspecified atom stereocenters. The van der Waals surface area contributed by atoms with Crippen molar-refractivity contribution >= 4 is 51.6 Å². The van der Waals surface area contributed by atoms with E-state index in [1.54, 1.807) is 6.07 Å². The van der Waals surface area contributed by atoms with Crippen LogP contribution in [0.5, 0.6) is 0 Å². The largest absolute Gasteiger partial charge is 0.396 e. The number of anilines is 1.